The molecule has 18 heavy (non-hydrogen) atoms. The van der Waals surface area contributed by atoms with Gasteiger partial charge in [-0.25, -0.2) is 0 Å². The van der Waals surface area contributed by atoms with Gasteiger partial charge in [-0.15, -0.1) is 0 Å². The standard InChI is InChI=1S/C12H16F3N3/c1-8-3-5-9(6-4-8)18(2)7-10(11(16)17)12(13,14)15/h3-6,10H,7H2,1-2H3,(H3,16,17). The number of hydrogen-bond donors (Lipinski definition) is 2. The van der Waals surface area contributed by atoms with Crippen molar-refractivity contribution in [2.24, 2.45) is 11.7 Å². The van der Waals surface area contributed by atoms with Crippen LogP contribution in [0, 0.1) is 18.3 Å². The predicted octanol–water partition coefficient (Wildman–Crippen LogP) is 2.55. The van der Waals surface area contributed by atoms with Crippen molar-refractivity contribution in [2.75, 3.05) is 18.5 Å². The van der Waals surface area contributed by atoms with Crippen molar-refractivity contribution < 1.29 is 13.2 Å². The van der Waals surface area contributed by atoms with Crippen LogP contribution >= 0.6 is 0 Å². The van der Waals surface area contributed by atoms with Crippen molar-refractivity contribution >= 4 is 11.5 Å². The summed E-state index contributed by atoms with van der Waals surface area (Å²) in [6.45, 7) is 1.54. The SMILES string of the molecule is Cc1ccc(N(C)CC(C(=N)N)C(F)(F)F)cc1. The topological polar surface area (TPSA) is 53.1 Å². The maximum absolute atomic E-state index is 12.7. The van der Waals surface area contributed by atoms with Gasteiger partial charge in [-0.3, -0.25) is 5.41 Å². The first-order valence-electron chi connectivity index (χ1n) is 5.40. The van der Waals surface area contributed by atoms with Crippen molar-refractivity contribution in [3.05, 3.63) is 29.8 Å². The minimum atomic E-state index is -4.50. The average Bonchev–Trinajstić information content (AvgIpc) is 2.24. The number of nitrogens with zero attached hydrogens (tertiary/aromatic N) is 1. The Kier molecular flexibility index (Phi) is 4.21. The molecule has 1 aromatic carbocycles. The van der Waals surface area contributed by atoms with Gasteiger partial charge in [-0.2, -0.15) is 13.2 Å². The number of aryl methyl sites for hydroxylation is 1. The van der Waals surface area contributed by atoms with E-state index in [-0.39, 0.29) is 6.54 Å². The molecule has 3 nitrogen and oxygen atoms in total. The zero-order valence-electron chi connectivity index (χ0n) is 10.3. The van der Waals surface area contributed by atoms with E-state index in [4.69, 9.17) is 11.1 Å². The second-order valence-electron chi connectivity index (χ2n) is 4.27. The molecule has 3 N–H and O–H groups in total. The number of nitrogens with two attached hydrogens (primary N) is 1. The second kappa shape index (κ2) is 5.29. The number of hydrogen-bond acceptors (Lipinski definition) is 2. The molecule has 0 bridgehead atoms. The Bertz CT molecular complexity index is 412. The fourth-order valence-corrected chi connectivity index (χ4v) is 1.56. The average molecular weight is 259 g/mol. The van der Waals surface area contributed by atoms with Crippen molar-refractivity contribution in [3.8, 4) is 0 Å². The first-order valence-corrected chi connectivity index (χ1v) is 5.40. The molecule has 0 fully saturated rings. The number of amidine groups is 1. The van der Waals surface area contributed by atoms with Gasteiger partial charge in [0.25, 0.3) is 0 Å². The Morgan fingerprint density at radius 3 is 2.22 bits per heavy atom. The lowest BCUT2D eigenvalue weighted by Crippen LogP contribution is -2.43. The van der Waals surface area contributed by atoms with E-state index in [2.05, 4.69) is 0 Å². The van der Waals surface area contributed by atoms with Crippen molar-refractivity contribution in [1.29, 1.82) is 5.41 Å². The largest absolute Gasteiger partial charge is 0.400 e. The van der Waals surface area contributed by atoms with Crippen molar-refractivity contribution in [3.63, 3.8) is 0 Å². The third kappa shape index (κ3) is 3.65. The lowest BCUT2D eigenvalue weighted by Gasteiger charge is -2.26. The van der Waals surface area contributed by atoms with Gasteiger partial charge in [-0.05, 0) is 19.1 Å². The normalized spacial score (nSPS) is 13.2. The number of halogens is 3. The van der Waals surface area contributed by atoms with Crippen LogP contribution in [0.4, 0.5) is 18.9 Å². The Morgan fingerprint density at radius 2 is 1.83 bits per heavy atom. The fraction of sp³-hybridized carbons (Fsp3) is 0.417. The minimum absolute atomic E-state index is 0.359. The first-order chi connectivity index (χ1) is 8.21. The van der Waals surface area contributed by atoms with E-state index in [9.17, 15) is 13.2 Å². The molecule has 0 radical (unpaired) electrons. The minimum Gasteiger partial charge on any atom is -0.387 e. The number of alkyl halides is 3. The Hall–Kier alpha value is -1.72. The molecule has 6 heteroatoms. The molecule has 0 heterocycles. The molecule has 0 amide bonds. The van der Waals surface area contributed by atoms with Gasteiger partial charge in [0.2, 0.25) is 0 Å². The van der Waals surface area contributed by atoms with Gasteiger partial charge in [0.05, 0.1) is 0 Å². The maximum Gasteiger partial charge on any atom is 0.400 e. The highest BCUT2D eigenvalue weighted by atomic mass is 19.4. The molecule has 1 aromatic rings. The molecule has 0 spiro atoms. The Morgan fingerprint density at radius 1 is 1.33 bits per heavy atom. The van der Waals surface area contributed by atoms with Gasteiger partial charge < -0.3 is 10.6 Å². The third-order valence-electron chi connectivity index (χ3n) is 2.70. The highest BCUT2D eigenvalue weighted by Gasteiger charge is 2.42. The molecule has 0 saturated carbocycles. The van der Waals surface area contributed by atoms with E-state index >= 15 is 0 Å². The molecule has 0 aliphatic carbocycles. The van der Waals surface area contributed by atoms with Crippen LogP contribution in [0.5, 0.6) is 0 Å². The van der Waals surface area contributed by atoms with Crippen LogP contribution in [0.3, 0.4) is 0 Å². The zero-order chi connectivity index (χ0) is 13.9. The van der Waals surface area contributed by atoms with Crippen molar-refractivity contribution in [1.82, 2.24) is 0 Å². The number of nitrogens with one attached hydrogen (secondary N) is 1. The zero-order valence-corrected chi connectivity index (χ0v) is 10.3. The summed E-state index contributed by atoms with van der Waals surface area (Å²) in [6, 6.07) is 7.12. The van der Waals surface area contributed by atoms with Crippen molar-refractivity contribution in [2.45, 2.75) is 13.1 Å². The smallest absolute Gasteiger partial charge is 0.387 e. The summed E-state index contributed by atoms with van der Waals surface area (Å²) in [5.74, 6) is -2.80. The summed E-state index contributed by atoms with van der Waals surface area (Å²) < 4.78 is 38.0. The van der Waals surface area contributed by atoms with Crippen LogP contribution in [-0.2, 0) is 0 Å². The third-order valence-corrected chi connectivity index (χ3v) is 2.70. The maximum atomic E-state index is 12.7. The molecule has 0 aromatic heterocycles. The molecule has 0 aliphatic rings. The molecule has 1 unspecified atom stereocenters. The molecule has 0 saturated heterocycles. The van der Waals surface area contributed by atoms with Gasteiger partial charge in [0.15, 0.2) is 0 Å². The van der Waals surface area contributed by atoms with E-state index in [0.29, 0.717) is 5.69 Å². The van der Waals surface area contributed by atoms with E-state index in [0.717, 1.165) is 5.56 Å². The number of benzene rings is 1. The van der Waals surface area contributed by atoms with Gasteiger partial charge in [-0.1, -0.05) is 17.7 Å². The molecule has 1 atom stereocenters. The van der Waals surface area contributed by atoms with E-state index in [1.54, 1.807) is 19.2 Å². The van der Waals surface area contributed by atoms with Gasteiger partial charge >= 0.3 is 6.18 Å². The highest BCUT2D eigenvalue weighted by molar-refractivity contribution is 5.81. The Labute approximate surface area is 104 Å². The number of rotatable bonds is 4. The lowest BCUT2D eigenvalue weighted by molar-refractivity contribution is -0.153. The summed E-state index contributed by atoms with van der Waals surface area (Å²) in [5.41, 5.74) is 6.71. The van der Waals surface area contributed by atoms with Crippen LogP contribution in [-0.4, -0.2) is 25.6 Å². The van der Waals surface area contributed by atoms with Crippen LogP contribution < -0.4 is 10.6 Å². The molecule has 0 aliphatic heterocycles. The summed E-state index contributed by atoms with van der Waals surface area (Å²) in [5, 5.41) is 7.03. The predicted molar refractivity (Wildman–Crippen MR) is 65.9 cm³/mol. The number of anilines is 1. The molecular formula is C12H16F3N3. The summed E-state index contributed by atoms with van der Waals surface area (Å²) >= 11 is 0. The fourth-order valence-electron chi connectivity index (χ4n) is 1.56. The lowest BCUT2D eigenvalue weighted by atomic mass is 10.1. The second-order valence-corrected chi connectivity index (χ2v) is 4.27. The van der Waals surface area contributed by atoms with Crippen LogP contribution in [0.15, 0.2) is 24.3 Å². The van der Waals surface area contributed by atoms with E-state index in [1.165, 1.54) is 4.90 Å². The quantitative estimate of drug-likeness (QED) is 0.645. The van der Waals surface area contributed by atoms with Crippen LogP contribution in [0.1, 0.15) is 5.56 Å². The molecule has 1 rings (SSSR count). The first kappa shape index (κ1) is 14.3. The summed E-state index contributed by atoms with van der Waals surface area (Å²) in [7, 11) is 1.55. The highest BCUT2D eigenvalue weighted by Crippen LogP contribution is 2.28. The summed E-state index contributed by atoms with van der Waals surface area (Å²) in [6.07, 6.45) is -4.50. The monoisotopic (exact) mass is 259 g/mol. The van der Waals surface area contributed by atoms with Gasteiger partial charge in [0, 0.05) is 19.3 Å². The van der Waals surface area contributed by atoms with E-state index in [1.807, 2.05) is 19.1 Å². The van der Waals surface area contributed by atoms with E-state index < -0.39 is 17.9 Å². The Balaban J connectivity index is 2.82. The van der Waals surface area contributed by atoms with Crippen LogP contribution in [0.25, 0.3) is 0 Å². The summed E-state index contributed by atoms with van der Waals surface area (Å²) in [4.78, 5) is 1.44. The van der Waals surface area contributed by atoms with Gasteiger partial charge in [0.1, 0.15) is 11.8 Å². The molecular weight excluding hydrogens is 243 g/mol. The molecule has 100 valence electrons. The van der Waals surface area contributed by atoms with Crippen LogP contribution in [0.2, 0.25) is 0 Å².